The Morgan fingerprint density at radius 1 is 1.00 bits per heavy atom. The van der Waals surface area contributed by atoms with Gasteiger partial charge in [-0.2, -0.15) is 29.9 Å². The molecule has 0 saturated carbocycles. The van der Waals surface area contributed by atoms with Crippen molar-refractivity contribution < 1.29 is 40.8 Å². The molecule has 3 N–H and O–H groups in total. The molecule has 0 amide bonds. The van der Waals surface area contributed by atoms with E-state index in [1.54, 1.807) is 14.0 Å². The highest BCUT2D eigenvalue weighted by Gasteiger charge is 2.41. The van der Waals surface area contributed by atoms with E-state index < -0.39 is 42.0 Å². The highest BCUT2D eigenvalue weighted by atomic mass is 32.2. The van der Waals surface area contributed by atoms with E-state index in [1.165, 1.54) is 18.9 Å². The molecule has 0 aliphatic rings. The molecule has 0 bridgehead atoms. The number of ether oxygens (including phenoxy) is 2. The zero-order chi connectivity index (χ0) is 39.3. The van der Waals surface area contributed by atoms with Crippen molar-refractivity contribution >= 4 is 52.3 Å². The maximum atomic E-state index is 13.6. The molecule has 1 aromatic carbocycles. The molecule has 0 saturated heterocycles. The van der Waals surface area contributed by atoms with Crippen molar-refractivity contribution in [1.29, 1.82) is 0 Å². The average molecular weight is 804 g/mol. The number of thiazole rings is 1. The van der Waals surface area contributed by atoms with Crippen LogP contribution in [0.5, 0.6) is 17.2 Å². The molecule has 0 aliphatic carbocycles. The van der Waals surface area contributed by atoms with Gasteiger partial charge in [-0.25, -0.2) is 9.78 Å². The normalized spacial score (nSPS) is 13.3. The minimum atomic E-state index is -4.60. The second-order valence-electron chi connectivity index (χ2n) is 14.2. The van der Waals surface area contributed by atoms with Crippen LogP contribution >= 0.6 is 23.1 Å². The second-order valence-corrected chi connectivity index (χ2v) is 21.3. The van der Waals surface area contributed by atoms with Gasteiger partial charge in [0.2, 0.25) is 5.89 Å². The summed E-state index contributed by atoms with van der Waals surface area (Å²) in [5, 5.41) is 7.53. The van der Waals surface area contributed by atoms with Gasteiger partial charge >= 0.3 is 12.1 Å². The van der Waals surface area contributed by atoms with E-state index in [2.05, 4.69) is 88.9 Å². The van der Waals surface area contributed by atoms with Gasteiger partial charge in [-0.05, 0) is 41.9 Å². The van der Waals surface area contributed by atoms with Gasteiger partial charge in [0.1, 0.15) is 6.04 Å². The van der Waals surface area contributed by atoms with Crippen LogP contribution in [0.15, 0.2) is 9.90 Å². The molecule has 11 nitrogen and oxygen atoms in total. The fourth-order valence-electron chi connectivity index (χ4n) is 4.77. The Labute approximate surface area is 316 Å². The van der Waals surface area contributed by atoms with Crippen molar-refractivity contribution in [3.8, 4) is 17.2 Å². The minimum absolute atomic E-state index is 0.0121. The lowest BCUT2D eigenvalue weighted by Gasteiger charge is -2.37. The molecular formula is C34H52F3N5O6S2Si2. The molecule has 18 heteroatoms. The van der Waals surface area contributed by atoms with Crippen LogP contribution in [0.1, 0.15) is 100 Å². The predicted molar refractivity (Wildman–Crippen MR) is 203 cm³/mol. The number of alkyl halides is 3. The number of esters is 1. The van der Waals surface area contributed by atoms with E-state index in [-0.39, 0.29) is 50.9 Å². The summed E-state index contributed by atoms with van der Waals surface area (Å²) in [6, 6.07) is -0.756. The van der Waals surface area contributed by atoms with Crippen LogP contribution in [0, 0.1) is 18.8 Å². The standard InChI is InChI=1S/C34H52F3N5O6S2Si2/c1-18(2)32(6,7)51(12)47-27-21(25(30(43)45-11)20(5)26(44-10)28(27)48-52(13)33(8,9)19(3)4)15-49-16-22(29-41-24(14-38)42-46-29)39-31-40-23(17-50-31)34(35,36)37/h17-19,22H,14-16,38H2,1-13H3,(H,39,40). The number of hydrogen-bond acceptors (Lipinski definition) is 13. The number of anilines is 1. The van der Waals surface area contributed by atoms with E-state index >= 15 is 0 Å². The first-order valence-electron chi connectivity index (χ1n) is 16.9. The number of nitrogens with one attached hydrogen (secondary N) is 1. The van der Waals surface area contributed by atoms with Crippen LogP contribution in [-0.4, -0.2) is 59.1 Å². The maximum Gasteiger partial charge on any atom is 0.434 e. The van der Waals surface area contributed by atoms with Gasteiger partial charge in [0, 0.05) is 28.0 Å². The maximum absolute atomic E-state index is 13.6. The Morgan fingerprint density at radius 3 is 2.04 bits per heavy atom. The lowest BCUT2D eigenvalue weighted by molar-refractivity contribution is -0.140. The summed E-state index contributed by atoms with van der Waals surface area (Å²) < 4.78 is 70.8. The minimum Gasteiger partial charge on any atom is -0.539 e. The molecule has 2 aromatic heterocycles. The summed E-state index contributed by atoms with van der Waals surface area (Å²) in [5.41, 5.74) is 6.10. The number of rotatable bonds is 18. The number of benzene rings is 1. The Morgan fingerprint density at radius 2 is 1.58 bits per heavy atom. The van der Waals surface area contributed by atoms with Gasteiger partial charge in [0.05, 0.1) is 26.3 Å². The van der Waals surface area contributed by atoms with E-state index in [0.717, 1.165) is 16.7 Å². The first kappa shape index (κ1) is 43.6. The summed E-state index contributed by atoms with van der Waals surface area (Å²) in [7, 11) is -0.296. The molecule has 0 fully saturated rings. The number of halogens is 3. The quantitative estimate of drug-likeness (QED) is 0.0935. The fraction of sp³-hybridized carbons (Fsp3) is 0.647. The molecule has 1 atom stereocenters. The molecule has 1 unspecified atom stereocenters. The van der Waals surface area contributed by atoms with Crippen molar-refractivity contribution in [2.75, 3.05) is 25.3 Å². The highest BCUT2D eigenvalue weighted by molar-refractivity contribution is 7.98. The molecular weight excluding hydrogens is 752 g/mol. The number of hydrogen-bond donors (Lipinski definition) is 2. The third-order valence-corrected chi connectivity index (χ3v) is 17.7. The number of nitrogens with two attached hydrogens (primary N) is 1. The van der Waals surface area contributed by atoms with Crippen LogP contribution in [0.4, 0.5) is 18.3 Å². The largest absolute Gasteiger partial charge is 0.539 e. The Balaban J connectivity index is 2.19. The predicted octanol–water partition coefficient (Wildman–Crippen LogP) is 9.07. The van der Waals surface area contributed by atoms with Crippen molar-refractivity contribution in [1.82, 2.24) is 15.1 Å². The summed E-state index contributed by atoms with van der Waals surface area (Å²) in [6.07, 6.45) is -4.60. The van der Waals surface area contributed by atoms with E-state index in [0.29, 0.717) is 39.9 Å². The molecule has 2 radical (unpaired) electrons. The van der Waals surface area contributed by atoms with Crippen molar-refractivity contribution in [2.24, 2.45) is 17.6 Å². The van der Waals surface area contributed by atoms with Crippen molar-refractivity contribution in [2.45, 2.75) is 110 Å². The summed E-state index contributed by atoms with van der Waals surface area (Å²) in [5.74, 6) is 2.11. The lowest BCUT2D eigenvalue weighted by atomic mass is 9.99. The van der Waals surface area contributed by atoms with E-state index in [9.17, 15) is 18.0 Å². The monoisotopic (exact) mass is 803 g/mol. The first-order valence-corrected chi connectivity index (χ1v) is 22.7. The van der Waals surface area contributed by atoms with Crippen molar-refractivity contribution in [3.63, 3.8) is 0 Å². The molecule has 3 rings (SSSR count). The number of nitrogens with zero attached hydrogens (tertiary/aromatic N) is 3. The van der Waals surface area contributed by atoms with Gasteiger partial charge in [-0.15, -0.1) is 11.3 Å². The van der Waals surface area contributed by atoms with Crippen LogP contribution in [0.2, 0.25) is 23.2 Å². The average Bonchev–Trinajstić information content (AvgIpc) is 3.75. The molecule has 0 aliphatic heterocycles. The summed E-state index contributed by atoms with van der Waals surface area (Å²) in [6.45, 7) is 23.4. The zero-order valence-corrected chi connectivity index (χ0v) is 35.9. The number of carbonyl (C=O) groups is 1. The smallest absolute Gasteiger partial charge is 0.434 e. The molecule has 52 heavy (non-hydrogen) atoms. The Kier molecular flexibility index (Phi) is 14.7. The lowest BCUT2D eigenvalue weighted by Crippen LogP contribution is -2.37. The van der Waals surface area contributed by atoms with Crippen LogP contribution in [-0.2, 0) is 23.2 Å². The zero-order valence-electron chi connectivity index (χ0n) is 32.2. The number of thioether (sulfide) groups is 1. The molecule has 0 spiro atoms. The Bertz CT molecular complexity index is 1670. The first-order chi connectivity index (χ1) is 24.1. The SMILES string of the molecule is COC(=O)c1c(C)c(OC)c(O[Si](C)C(C)(C)C(C)C)c(O[Si](C)C(C)(C)C(C)C)c1CSCC(Nc1nc(C(F)(F)F)cs1)c1nc(CN)no1. The van der Waals surface area contributed by atoms with Crippen molar-refractivity contribution in [3.05, 3.63) is 39.5 Å². The van der Waals surface area contributed by atoms with Gasteiger partial charge in [0.15, 0.2) is 33.9 Å². The van der Waals surface area contributed by atoms with Gasteiger partial charge in [-0.1, -0.05) is 60.5 Å². The van der Waals surface area contributed by atoms with Gasteiger partial charge < -0.3 is 33.9 Å². The second kappa shape index (κ2) is 17.6. The van der Waals surface area contributed by atoms with Crippen LogP contribution in [0.25, 0.3) is 0 Å². The van der Waals surface area contributed by atoms with Gasteiger partial charge in [0.25, 0.3) is 18.1 Å². The van der Waals surface area contributed by atoms with E-state index in [1.807, 2.05) is 0 Å². The van der Waals surface area contributed by atoms with Gasteiger partial charge in [-0.3, -0.25) is 0 Å². The van der Waals surface area contributed by atoms with E-state index in [4.69, 9.17) is 28.6 Å². The molecule has 3 aromatic rings. The Hall–Kier alpha value is -2.81. The number of carbonyl (C=O) groups excluding carboxylic acids is 1. The fourth-order valence-corrected chi connectivity index (χ4v) is 9.77. The highest BCUT2D eigenvalue weighted by Crippen LogP contribution is 2.51. The third-order valence-electron chi connectivity index (χ3n) is 10.1. The summed E-state index contributed by atoms with van der Waals surface area (Å²) >= 11 is 2.19. The van der Waals surface area contributed by atoms with Crippen LogP contribution in [0.3, 0.4) is 0 Å². The third kappa shape index (κ3) is 9.83. The van der Waals surface area contributed by atoms with Crippen LogP contribution < -0.4 is 24.6 Å². The molecule has 2 heterocycles. The number of aromatic nitrogens is 3. The topological polar surface area (TPSA) is 144 Å². The summed E-state index contributed by atoms with van der Waals surface area (Å²) in [4.78, 5) is 21.7. The number of methoxy groups -OCH3 is 2. The molecule has 290 valence electrons.